The summed E-state index contributed by atoms with van der Waals surface area (Å²) in [6.45, 7) is 8.84. The lowest BCUT2D eigenvalue weighted by atomic mass is 9.67. The van der Waals surface area contributed by atoms with E-state index in [1.54, 1.807) is 0 Å². The predicted octanol–water partition coefficient (Wildman–Crippen LogP) is 6.04. The zero-order chi connectivity index (χ0) is 38.9. The topological polar surface area (TPSA) is 96.4 Å². The van der Waals surface area contributed by atoms with Crippen molar-refractivity contribution in [1.29, 1.82) is 0 Å². The second-order valence-corrected chi connectivity index (χ2v) is 19.4. The van der Waals surface area contributed by atoms with Crippen LogP contribution in [-0.2, 0) is 14.4 Å². The van der Waals surface area contributed by atoms with Gasteiger partial charge in [0.15, 0.2) is 0 Å². The Hall–Kier alpha value is -1.95. The fraction of sp³-hybridized carbons (Fsp3) is 0.889. The van der Waals surface area contributed by atoms with Crippen molar-refractivity contribution in [3.63, 3.8) is 0 Å². The van der Waals surface area contributed by atoms with Crippen molar-refractivity contribution in [2.75, 3.05) is 52.4 Å². The summed E-state index contributed by atoms with van der Waals surface area (Å²) in [5.74, 6) is 0.338. The molecule has 0 radical (unpaired) electrons. The highest BCUT2D eigenvalue weighted by Crippen LogP contribution is 2.47. The number of piperidine rings is 2. The zero-order valence-corrected chi connectivity index (χ0v) is 34.2. The van der Waals surface area contributed by atoms with Crippen molar-refractivity contribution in [3.8, 4) is 0 Å². The first-order chi connectivity index (χ1) is 27.2. The summed E-state index contributed by atoms with van der Waals surface area (Å²) in [5, 5.41) is 12.6. The van der Waals surface area contributed by atoms with Gasteiger partial charge in [-0.25, -0.2) is 8.78 Å². The van der Waals surface area contributed by atoms with E-state index in [0.29, 0.717) is 31.0 Å². The van der Waals surface area contributed by atoms with Crippen LogP contribution in [0, 0.1) is 35.5 Å². The molecule has 8 aliphatic rings. The third kappa shape index (κ3) is 8.67. The fourth-order valence-corrected chi connectivity index (χ4v) is 13.2. The van der Waals surface area contributed by atoms with E-state index in [9.17, 15) is 19.5 Å². The molecule has 3 amide bonds. The minimum absolute atomic E-state index is 0.00241. The van der Waals surface area contributed by atoms with E-state index in [4.69, 9.17) is 0 Å². The molecule has 56 heavy (non-hydrogen) atoms. The van der Waals surface area contributed by atoms with Crippen LogP contribution in [0.4, 0.5) is 8.78 Å². The Morgan fingerprint density at radius 1 is 0.750 bits per heavy atom. The molecule has 4 saturated carbocycles. The monoisotopic (exact) mass is 784 g/mol. The molecule has 314 valence electrons. The van der Waals surface area contributed by atoms with Crippen LogP contribution in [0.25, 0.3) is 0 Å². The van der Waals surface area contributed by atoms with Gasteiger partial charge in [-0.3, -0.25) is 24.6 Å². The molecule has 6 atom stereocenters. The number of aliphatic hydroxyl groups is 1. The Balaban J connectivity index is 0.790. The molecular weight excluding hydrogens is 713 g/mol. The van der Waals surface area contributed by atoms with Gasteiger partial charge in [0.05, 0.1) is 12.1 Å². The number of carbonyl (C=O) groups is 3. The number of amides is 3. The van der Waals surface area contributed by atoms with Crippen molar-refractivity contribution < 1.29 is 28.3 Å². The van der Waals surface area contributed by atoms with Gasteiger partial charge in [0, 0.05) is 63.6 Å². The molecular formula is C45H71F2N5O4. The number of aliphatic hydroxyl groups excluding tert-OH is 1. The second-order valence-electron chi connectivity index (χ2n) is 19.4. The summed E-state index contributed by atoms with van der Waals surface area (Å²) in [6, 6.07) is -0.925. The van der Waals surface area contributed by atoms with Gasteiger partial charge in [0.2, 0.25) is 17.7 Å². The molecule has 11 heteroatoms. The summed E-state index contributed by atoms with van der Waals surface area (Å²) in [7, 11) is 0. The normalized spacial score (nSPS) is 39.7. The number of carbonyl (C=O) groups excluding carboxylic acids is 3. The maximum atomic E-state index is 16.2. The van der Waals surface area contributed by atoms with Crippen LogP contribution in [0.2, 0.25) is 0 Å². The number of piperazine rings is 1. The SMILES string of the molecule is CC/C(=C(\C1CCC(O)CC1)C1CCC(N2CCC(CN3CCN(C4C(F)CC5C(=O)N(C6CCC(=O)NC6=O)CC5C4F)CC3)CC2)CC1)C1CCCCC1. The van der Waals surface area contributed by atoms with E-state index >= 15 is 8.78 Å². The molecule has 0 aromatic carbocycles. The van der Waals surface area contributed by atoms with Crippen LogP contribution in [0.3, 0.4) is 0 Å². The van der Waals surface area contributed by atoms with E-state index in [1.165, 1.54) is 108 Å². The Morgan fingerprint density at radius 3 is 2.05 bits per heavy atom. The molecule has 0 aromatic heterocycles. The van der Waals surface area contributed by atoms with Gasteiger partial charge in [-0.1, -0.05) is 37.3 Å². The minimum Gasteiger partial charge on any atom is -0.393 e. The molecule has 4 aliphatic heterocycles. The van der Waals surface area contributed by atoms with Gasteiger partial charge in [0.25, 0.3) is 0 Å². The molecule has 6 unspecified atom stereocenters. The van der Waals surface area contributed by atoms with Crippen molar-refractivity contribution >= 4 is 17.7 Å². The van der Waals surface area contributed by atoms with Gasteiger partial charge in [-0.2, -0.15) is 0 Å². The number of halogens is 2. The molecule has 4 saturated heterocycles. The molecule has 0 bridgehead atoms. The third-order valence-corrected chi connectivity index (χ3v) is 16.3. The standard InChI is InChI=1S/C45H71F2N5O4/c1-2-35(30-6-4-3-5-7-30)41(32-10-14-34(53)15-11-32)31-8-12-33(13-9-31)50-20-18-29(19-21-50)27-49-22-24-51(25-23-49)43-38(46)26-36-37(42(43)47)28-52(45(36)56)39-16-17-40(54)48-44(39)55/h29-34,36-39,42-43,53H,2-28H2,1H3,(H,48,54,55)/b41-35+. The molecule has 0 aromatic rings. The van der Waals surface area contributed by atoms with E-state index in [-0.39, 0.29) is 43.7 Å². The number of fused-ring (bicyclic) bond motifs is 1. The number of imide groups is 1. The molecule has 4 aliphatic carbocycles. The highest BCUT2D eigenvalue weighted by molar-refractivity contribution is 6.02. The Morgan fingerprint density at radius 2 is 1.41 bits per heavy atom. The number of alkyl halides is 2. The Labute approximate surface area is 334 Å². The van der Waals surface area contributed by atoms with Crippen LogP contribution in [-0.4, -0.2) is 131 Å². The summed E-state index contributed by atoms with van der Waals surface area (Å²) >= 11 is 0. The lowest BCUT2D eigenvalue weighted by Crippen LogP contribution is -2.60. The summed E-state index contributed by atoms with van der Waals surface area (Å²) < 4.78 is 31.9. The largest absolute Gasteiger partial charge is 0.393 e. The number of allylic oxidation sites excluding steroid dienone is 2. The summed E-state index contributed by atoms with van der Waals surface area (Å²) in [5.41, 5.74) is 3.70. The first-order valence-corrected chi connectivity index (χ1v) is 23.2. The van der Waals surface area contributed by atoms with Gasteiger partial charge in [0.1, 0.15) is 18.4 Å². The third-order valence-electron chi connectivity index (χ3n) is 16.3. The number of likely N-dealkylation sites (tertiary alicyclic amines) is 2. The molecule has 2 N–H and O–H groups in total. The van der Waals surface area contributed by atoms with Gasteiger partial charge in [-0.15, -0.1) is 0 Å². The molecule has 9 nitrogen and oxygen atoms in total. The van der Waals surface area contributed by atoms with E-state index < -0.39 is 42.2 Å². The first kappa shape index (κ1) is 40.8. The predicted molar refractivity (Wildman–Crippen MR) is 213 cm³/mol. The van der Waals surface area contributed by atoms with Crippen LogP contribution >= 0.6 is 0 Å². The maximum Gasteiger partial charge on any atom is 0.249 e. The van der Waals surface area contributed by atoms with E-state index in [2.05, 4.69) is 22.0 Å². The van der Waals surface area contributed by atoms with Crippen LogP contribution in [0.15, 0.2) is 11.1 Å². The smallest absolute Gasteiger partial charge is 0.249 e. The summed E-state index contributed by atoms with van der Waals surface area (Å²) in [6.07, 6.45) is 17.6. The Bertz CT molecular complexity index is 1410. The van der Waals surface area contributed by atoms with Crippen molar-refractivity contribution in [3.05, 3.63) is 11.1 Å². The fourth-order valence-electron chi connectivity index (χ4n) is 13.2. The first-order valence-electron chi connectivity index (χ1n) is 23.2. The molecule has 8 rings (SSSR count). The van der Waals surface area contributed by atoms with Crippen molar-refractivity contribution in [2.24, 2.45) is 35.5 Å². The number of hydrogen-bond acceptors (Lipinski definition) is 7. The molecule has 0 spiro atoms. The molecule has 4 heterocycles. The quantitative estimate of drug-likeness (QED) is 0.218. The van der Waals surface area contributed by atoms with Gasteiger partial charge >= 0.3 is 0 Å². The number of nitrogens with one attached hydrogen (secondary N) is 1. The highest BCUT2D eigenvalue weighted by atomic mass is 19.1. The van der Waals surface area contributed by atoms with Crippen LogP contribution < -0.4 is 5.32 Å². The summed E-state index contributed by atoms with van der Waals surface area (Å²) in [4.78, 5) is 46.2. The van der Waals surface area contributed by atoms with E-state index in [1.807, 2.05) is 16.0 Å². The maximum absolute atomic E-state index is 16.2. The number of hydrogen-bond donors (Lipinski definition) is 2. The average molecular weight is 784 g/mol. The highest BCUT2D eigenvalue weighted by Gasteiger charge is 2.57. The zero-order valence-electron chi connectivity index (χ0n) is 34.2. The van der Waals surface area contributed by atoms with Crippen molar-refractivity contribution in [2.45, 2.75) is 165 Å². The lowest BCUT2D eigenvalue weighted by Gasteiger charge is -2.47. The number of rotatable bonds is 9. The van der Waals surface area contributed by atoms with Crippen molar-refractivity contribution in [1.82, 2.24) is 24.9 Å². The average Bonchev–Trinajstić information content (AvgIpc) is 3.54. The van der Waals surface area contributed by atoms with Crippen LogP contribution in [0.5, 0.6) is 0 Å². The van der Waals surface area contributed by atoms with Gasteiger partial charge in [-0.05, 0) is 133 Å². The van der Waals surface area contributed by atoms with Crippen LogP contribution in [0.1, 0.15) is 129 Å². The minimum atomic E-state index is -1.47. The second kappa shape index (κ2) is 18.1. The van der Waals surface area contributed by atoms with E-state index in [0.717, 1.165) is 44.3 Å². The molecule has 8 fully saturated rings. The van der Waals surface area contributed by atoms with Gasteiger partial charge < -0.3 is 19.8 Å². The number of nitrogens with zero attached hydrogens (tertiary/aromatic N) is 4. The Kier molecular flexibility index (Phi) is 13.2. The lowest BCUT2D eigenvalue weighted by molar-refractivity contribution is -0.145.